The molecule has 0 radical (unpaired) electrons. The molecule has 0 aromatic heterocycles. The Morgan fingerprint density at radius 2 is 1.32 bits per heavy atom. The Morgan fingerprint density at radius 3 is 1.94 bits per heavy atom. The van der Waals surface area contributed by atoms with Crippen molar-refractivity contribution in [3.05, 3.63) is 153 Å². The van der Waals surface area contributed by atoms with Crippen molar-refractivity contribution in [1.29, 1.82) is 0 Å². The molecular formula is C74H84Cl2N10O23. The quantitative estimate of drug-likeness (QED) is 0.0651. The van der Waals surface area contributed by atoms with Crippen LogP contribution in [0.4, 0.5) is 0 Å². The second kappa shape index (κ2) is 33.5. The predicted molar refractivity (Wildman–Crippen MR) is 385 cm³/mol. The van der Waals surface area contributed by atoms with E-state index in [4.69, 9.17) is 63.1 Å². The van der Waals surface area contributed by atoms with Gasteiger partial charge in [-0.15, -0.1) is 0 Å². The molecular weight excluding hydrogens is 1470 g/mol. The molecule has 0 saturated carbocycles. The zero-order chi connectivity index (χ0) is 78.8. The fourth-order valence-electron chi connectivity index (χ4n) is 13.6. The van der Waals surface area contributed by atoms with Crippen LogP contribution in [0.3, 0.4) is 0 Å². The third-order valence-corrected chi connectivity index (χ3v) is 19.9. The van der Waals surface area contributed by atoms with Crippen molar-refractivity contribution in [1.82, 2.24) is 42.5 Å². The van der Waals surface area contributed by atoms with Gasteiger partial charge in [-0.2, -0.15) is 0 Å². The van der Waals surface area contributed by atoms with E-state index >= 15 is 19.2 Å². The van der Waals surface area contributed by atoms with Crippen LogP contribution in [0.1, 0.15) is 111 Å². The van der Waals surface area contributed by atoms with Gasteiger partial charge in [0.2, 0.25) is 59.3 Å². The first kappa shape index (κ1) is 80.0. The number of fused-ring (bicyclic) bond motifs is 15. The average molecular weight is 1550 g/mol. The Morgan fingerprint density at radius 1 is 0.697 bits per heavy atom. The summed E-state index contributed by atoms with van der Waals surface area (Å²) >= 11 is 14.3. The van der Waals surface area contributed by atoms with E-state index in [1.165, 1.54) is 39.1 Å². The van der Waals surface area contributed by atoms with Gasteiger partial charge < -0.3 is 128 Å². The first-order valence-electron chi connectivity index (χ1n) is 34.8. The summed E-state index contributed by atoms with van der Waals surface area (Å²) in [6, 6.07) is 9.38. The number of amides is 8. The number of primary amides is 1. The molecule has 0 spiro atoms. The van der Waals surface area contributed by atoms with Gasteiger partial charge in [0.15, 0.2) is 23.9 Å². The third-order valence-electron chi connectivity index (χ3n) is 19.3. The van der Waals surface area contributed by atoms with Crippen LogP contribution in [0.2, 0.25) is 10.0 Å². The van der Waals surface area contributed by atoms with Gasteiger partial charge in [0.25, 0.3) is 0 Å². The van der Waals surface area contributed by atoms with E-state index < -0.39 is 220 Å². The van der Waals surface area contributed by atoms with Gasteiger partial charge in [0.05, 0.1) is 41.3 Å². The number of phenolic OH excluding ortho intramolecular Hbond substituents is 3. The standard InChI is InChI=1S/C74H84Cl2N10O23/c1-30(2)19-42(79-5)66(97)85-57-59(92)34-12-15-46(40(75)21-34)105-48-23-36-24-49(63(48)109-73-64(62(95)61(94)50(29-87)107-73)108-52-28-74(4,78)65(96)31(3)104-52)106-47-16-13-35(22-41(47)76)60(93)58-72(103)84-56(68(99)80-18-17-32-9-7-6-8-10-32)39-25-37(88)26-45(90)53(39)38-20-33(11-14-44(38)89)54(69(100)86-58)83-70(101)55(36)82-67(98)43(27-51(77)91)81-71(57)102/h6-16,20-26,30-31,42-43,50,52,54-62,64-65,73,79,87-90,92-96H,17-19,27-29,78H2,1-5H3,(H2,77,91)(H,80,99)(H,81,102)(H,82,98)(H,83,101)(H,84,103)(H,85,97)(H,86,100)/t31-,42+,43-,50+,52-,54+,55+,56-,57+,58-,59+,60+,61+,62-,64+,65+,73-,74-/m0/s1. The lowest BCUT2D eigenvalue weighted by atomic mass is 9.86. The van der Waals surface area contributed by atoms with Gasteiger partial charge in [-0.05, 0) is 128 Å². The fraction of sp³-hybridized carbons (Fsp3) is 0.405. The first-order chi connectivity index (χ1) is 51.7. The van der Waals surface area contributed by atoms with Crippen molar-refractivity contribution >= 4 is 70.5 Å². The fourth-order valence-corrected chi connectivity index (χ4v) is 14.0. The molecule has 7 aliphatic rings. The number of benzene rings is 6. The Kier molecular flexibility index (Phi) is 24.6. The van der Waals surface area contributed by atoms with Gasteiger partial charge >= 0.3 is 0 Å². The van der Waals surface area contributed by atoms with E-state index in [-0.39, 0.29) is 76.1 Å². The van der Waals surface area contributed by atoms with E-state index in [1.54, 1.807) is 30.3 Å². The van der Waals surface area contributed by atoms with Crippen molar-refractivity contribution in [2.45, 2.75) is 163 Å². The van der Waals surface area contributed by atoms with E-state index in [0.29, 0.717) is 0 Å². The molecule has 6 aromatic carbocycles. The lowest BCUT2D eigenvalue weighted by molar-refractivity contribution is -0.333. The second-order valence-corrected chi connectivity index (χ2v) is 28.7. The van der Waals surface area contributed by atoms with Crippen LogP contribution in [0.5, 0.6) is 46.0 Å². The molecule has 33 nitrogen and oxygen atoms in total. The second-order valence-electron chi connectivity index (χ2n) is 27.9. The first-order valence-corrected chi connectivity index (χ1v) is 35.5. The molecule has 0 unspecified atom stereocenters. The Balaban J connectivity index is 1.14. The zero-order valence-electron chi connectivity index (χ0n) is 59.2. The molecule has 8 amide bonds. The van der Waals surface area contributed by atoms with Crippen molar-refractivity contribution < 1.29 is 113 Å². The van der Waals surface area contributed by atoms with E-state index in [9.17, 15) is 65.1 Å². The number of aliphatic hydroxyl groups is 6. The number of aliphatic hydroxyl groups excluding tert-OH is 6. The predicted octanol–water partition coefficient (Wildman–Crippen LogP) is 1.38. The maximum absolute atomic E-state index is 16.2. The van der Waals surface area contributed by atoms with Crippen LogP contribution < -0.4 is 68.2 Å². The maximum atomic E-state index is 16.2. The molecule has 7 aliphatic heterocycles. The molecule has 0 aliphatic carbocycles. The highest BCUT2D eigenvalue weighted by Gasteiger charge is 2.52. The summed E-state index contributed by atoms with van der Waals surface area (Å²) in [5, 5.41) is 125. The molecule has 2 fully saturated rings. The van der Waals surface area contributed by atoms with Gasteiger partial charge in [0, 0.05) is 35.7 Å². The summed E-state index contributed by atoms with van der Waals surface area (Å²) < 4.78 is 38.6. The van der Waals surface area contributed by atoms with Crippen LogP contribution in [-0.2, 0) is 59.0 Å². The number of likely N-dealkylation sites (N-methyl/N-ethyl adjacent to an activating group) is 1. The summed E-state index contributed by atoms with van der Waals surface area (Å²) in [5.41, 5.74) is 9.43. The van der Waals surface area contributed by atoms with Gasteiger partial charge in [0.1, 0.15) is 95.5 Å². The summed E-state index contributed by atoms with van der Waals surface area (Å²) in [5.74, 6) is -14.6. The molecule has 582 valence electrons. The Bertz CT molecular complexity index is 4460. The number of nitrogens with two attached hydrogens (primary N) is 2. The van der Waals surface area contributed by atoms with Crippen molar-refractivity contribution in [3.8, 4) is 57.1 Å². The lowest BCUT2D eigenvalue weighted by Crippen LogP contribution is -2.64. The van der Waals surface area contributed by atoms with Crippen LogP contribution >= 0.6 is 23.2 Å². The topological polar surface area (TPSA) is 522 Å². The summed E-state index contributed by atoms with van der Waals surface area (Å²) in [4.78, 5) is 120. The number of phenols is 3. The number of halogens is 2. The highest BCUT2D eigenvalue weighted by atomic mass is 35.5. The van der Waals surface area contributed by atoms with E-state index in [0.717, 1.165) is 66.2 Å². The van der Waals surface area contributed by atoms with Crippen molar-refractivity contribution in [3.63, 3.8) is 0 Å². The SMILES string of the molecule is CN[C@H](CC(C)C)C(=O)N[C@H]1C(=O)N[C@@H](CC(N)=O)C(=O)N[C@H]2C(=O)N[C@H]3C(=O)N[C@H](C(=O)N[C@H](C(=O)NCCc4ccccc4)c4cc(O)cc(O)c4-c4cc3ccc4O)[C@H](O)c3ccc(c(Cl)c3)Oc3cc2cc(c3O[C@@H]2O[C@H](CO)[C@@H](O)[C@H](O)[C@H]2O[C@H]2C[C@](C)(N)[C@H](O)[C@H](C)O2)Oc2ccc(cc2Cl)[C@H]1O. The number of aromatic hydroxyl groups is 3. The van der Waals surface area contributed by atoms with Crippen molar-refractivity contribution in [2.24, 2.45) is 17.4 Å². The minimum Gasteiger partial charge on any atom is -0.508 e. The van der Waals surface area contributed by atoms with Gasteiger partial charge in [-0.3, -0.25) is 38.4 Å². The molecule has 18 atom stereocenters. The van der Waals surface area contributed by atoms with E-state index in [2.05, 4.69) is 42.5 Å². The van der Waals surface area contributed by atoms with Crippen LogP contribution in [0, 0.1) is 5.92 Å². The summed E-state index contributed by atoms with van der Waals surface area (Å²) in [6.45, 7) is 5.64. The maximum Gasteiger partial charge on any atom is 0.248 e. The molecule has 35 heteroatoms. The van der Waals surface area contributed by atoms with Crippen molar-refractivity contribution in [2.75, 3.05) is 20.2 Å². The minimum atomic E-state index is -2.34. The summed E-state index contributed by atoms with van der Waals surface area (Å²) in [6.07, 6.45) is -18.2. The zero-order valence-corrected chi connectivity index (χ0v) is 60.7. The Labute approximate surface area is 632 Å². The highest BCUT2D eigenvalue weighted by molar-refractivity contribution is 6.32. The molecule has 13 rings (SSSR count). The average Bonchev–Trinajstić information content (AvgIpc) is 0.768. The molecule has 7 heterocycles. The molecule has 21 N–H and O–H groups in total. The smallest absolute Gasteiger partial charge is 0.248 e. The van der Waals surface area contributed by atoms with Crippen LogP contribution in [-0.4, -0.2) is 192 Å². The molecule has 11 bridgehead atoms. The molecule has 2 saturated heterocycles. The third kappa shape index (κ3) is 17.7. The molecule has 6 aromatic rings. The Hall–Kier alpha value is -9.98. The van der Waals surface area contributed by atoms with Gasteiger partial charge in [-0.25, -0.2) is 0 Å². The van der Waals surface area contributed by atoms with Crippen LogP contribution in [0.15, 0.2) is 109 Å². The highest BCUT2D eigenvalue weighted by Crippen LogP contribution is 2.50. The molecule has 109 heavy (non-hydrogen) atoms. The number of hydrogen-bond donors (Lipinski definition) is 19. The van der Waals surface area contributed by atoms with Gasteiger partial charge in [-0.1, -0.05) is 85.6 Å². The summed E-state index contributed by atoms with van der Waals surface area (Å²) in [7, 11) is 1.48. The number of hydrogen-bond acceptors (Lipinski definition) is 25. The number of carbonyl (C=O) groups excluding carboxylic acids is 8. The number of nitrogens with one attached hydrogen (secondary N) is 8. The monoisotopic (exact) mass is 1550 g/mol. The van der Waals surface area contributed by atoms with E-state index in [1.807, 2.05) is 13.8 Å². The normalized spacial score (nSPS) is 28.1. The minimum absolute atomic E-state index is 0.0551. The van der Waals surface area contributed by atoms with Crippen LogP contribution in [0.25, 0.3) is 11.1 Å². The number of ether oxygens (including phenoxy) is 6. The lowest BCUT2D eigenvalue weighted by Gasteiger charge is -2.47. The number of rotatable bonds is 16. The number of carbonyl (C=O) groups is 8. The largest absolute Gasteiger partial charge is 0.508 e.